The first-order valence-corrected chi connectivity index (χ1v) is 7.24. The van der Waals surface area contributed by atoms with Crippen molar-refractivity contribution in [1.82, 2.24) is 0 Å². The maximum atomic E-state index is 13.7. The summed E-state index contributed by atoms with van der Waals surface area (Å²) in [6.45, 7) is 0.689. The van der Waals surface area contributed by atoms with Gasteiger partial charge in [0.25, 0.3) is 0 Å². The van der Waals surface area contributed by atoms with Gasteiger partial charge in [0, 0.05) is 29.3 Å². The summed E-state index contributed by atoms with van der Waals surface area (Å²) in [4.78, 5) is 2.00. The number of nitrogens with zero attached hydrogens (tertiary/aromatic N) is 1. The second-order valence-electron chi connectivity index (χ2n) is 4.32. The number of alkyl halides is 1. The molecule has 0 unspecified atom stereocenters. The molecule has 0 fully saturated rings. The van der Waals surface area contributed by atoms with E-state index in [9.17, 15) is 4.39 Å². The molecular weight excluding hydrogens is 329 g/mol. The molecule has 2 aromatic carbocycles. The lowest BCUT2D eigenvalue weighted by Crippen LogP contribution is -2.18. The van der Waals surface area contributed by atoms with Gasteiger partial charge < -0.3 is 4.90 Å². The molecule has 0 heterocycles. The van der Waals surface area contributed by atoms with E-state index in [1.54, 1.807) is 6.07 Å². The molecule has 0 aliphatic heterocycles. The summed E-state index contributed by atoms with van der Waals surface area (Å²) in [7, 11) is 1.93. The van der Waals surface area contributed by atoms with Gasteiger partial charge in [0.1, 0.15) is 5.82 Å². The Morgan fingerprint density at radius 1 is 1.16 bits per heavy atom. The summed E-state index contributed by atoms with van der Waals surface area (Å²) in [5.41, 5.74) is 2.51. The van der Waals surface area contributed by atoms with Gasteiger partial charge >= 0.3 is 0 Å². The third kappa shape index (κ3) is 3.28. The number of halogens is 3. The van der Waals surface area contributed by atoms with Crippen molar-refractivity contribution >= 4 is 33.2 Å². The van der Waals surface area contributed by atoms with Crippen LogP contribution in [0.5, 0.6) is 0 Å². The molecule has 0 aromatic heterocycles. The van der Waals surface area contributed by atoms with E-state index < -0.39 is 0 Å². The monoisotopic (exact) mass is 341 g/mol. The third-order valence-corrected chi connectivity index (χ3v) is 4.05. The predicted octanol–water partition coefficient (Wildman–Crippen LogP) is 4.96. The number of hydrogen-bond donors (Lipinski definition) is 0. The number of hydrogen-bond acceptors (Lipinski definition) is 1. The van der Waals surface area contributed by atoms with Crippen molar-refractivity contribution in [3.8, 4) is 0 Å². The Kier molecular flexibility index (Phi) is 4.83. The van der Waals surface area contributed by atoms with Crippen LogP contribution in [0.4, 0.5) is 10.1 Å². The van der Waals surface area contributed by atoms with Crippen LogP contribution in [0.25, 0.3) is 0 Å². The average molecular weight is 343 g/mol. The second kappa shape index (κ2) is 6.40. The fraction of sp³-hybridized carbons (Fsp3) is 0.200. The quantitative estimate of drug-likeness (QED) is 0.710. The Morgan fingerprint density at radius 3 is 2.58 bits per heavy atom. The van der Waals surface area contributed by atoms with Crippen LogP contribution in [-0.4, -0.2) is 7.05 Å². The molecule has 0 spiro atoms. The lowest BCUT2D eigenvalue weighted by Gasteiger charge is -2.23. The maximum Gasteiger partial charge on any atom is 0.129 e. The van der Waals surface area contributed by atoms with Crippen molar-refractivity contribution in [2.24, 2.45) is 0 Å². The van der Waals surface area contributed by atoms with E-state index in [0.717, 1.165) is 15.7 Å². The number of anilines is 1. The molecule has 0 atom stereocenters. The molecule has 0 bridgehead atoms. The molecule has 4 heteroatoms. The molecule has 100 valence electrons. The Labute approximate surface area is 126 Å². The van der Waals surface area contributed by atoms with Crippen LogP contribution in [0.15, 0.2) is 46.9 Å². The average Bonchev–Trinajstić information content (AvgIpc) is 2.41. The van der Waals surface area contributed by atoms with Gasteiger partial charge in [0.15, 0.2) is 0 Å². The SMILES string of the molecule is CN(Cc1ccccc1Br)c1cccc(F)c1CCl. The van der Waals surface area contributed by atoms with E-state index in [-0.39, 0.29) is 11.7 Å². The first kappa shape index (κ1) is 14.4. The highest BCUT2D eigenvalue weighted by Gasteiger charge is 2.12. The Balaban J connectivity index is 2.28. The molecule has 2 aromatic rings. The molecular formula is C15H14BrClFN. The van der Waals surface area contributed by atoms with Crippen molar-refractivity contribution in [1.29, 1.82) is 0 Å². The van der Waals surface area contributed by atoms with Crippen LogP contribution >= 0.6 is 27.5 Å². The van der Waals surface area contributed by atoms with Gasteiger partial charge in [0.2, 0.25) is 0 Å². The molecule has 0 radical (unpaired) electrons. The number of benzene rings is 2. The molecule has 0 aliphatic rings. The van der Waals surface area contributed by atoms with Crippen LogP contribution in [0.1, 0.15) is 11.1 Å². The zero-order valence-corrected chi connectivity index (χ0v) is 12.9. The Bertz CT molecular complexity index is 574. The highest BCUT2D eigenvalue weighted by atomic mass is 79.9. The highest BCUT2D eigenvalue weighted by molar-refractivity contribution is 9.10. The fourth-order valence-corrected chi connectivity index (χ4v) is 2.68. The highest BCUT2D eigenvalue weighted by Crippen LogP contribution is 2.26. The number of rotatable bonds is 4. The summed E-state index contributed by atoms with van der Waals surface area (Å²) in [6.07, 6.45) is 0. The van der Waals surface area contributed by atoms with Crippen LogP contribution in [-0.2, 0) is 12.4 Å². The summed E-state index contributed by atoms with van der Waals surface area (Å²) >= 11 is 9.36. The first-order chi connectivity index (χ1) is 9.13. The van der Waals surface area contributed by atoms with Gasteiger partial charge in [-0.3, -0.25) is 0 Å². The zero-order valence-electron chi connectivity index (χ0n) is 10.5. The van der Waals surface area contributed by atoms with E-state index in [2.05, 4.69) is 15.9 Å². The largest absolute Gasteiger partial charge is 0.370 e. The molecule has 0 aliphatic carbocycles. The van der Waals surface area contributed by atoms with Gasteiger partial charge in [0.05, 0.1) is 5.88 Å². The maximum absolute atomic E-state index is 13.7. The topological polar surface area (TPSA) is 3.24 Å². The van der Waals surface area contributed by atoms with Gasteiger partial charge in [-0.25, -0.2) is 4.39 Å². The van der Waals surface area contributed by atoms with Gasteiger partial charge in [-0.1, -0.05) is 40.2 Å². The minimum absolute atomic E-state index is 0.169. The molecule has 0 saturated heterocycles. The van der Waals surface area contributed by atoms with Crippen molar-refractivity contribution in [2.75, 3.05) is 11.9 Å². The Hall–Kier alpha value is -1.06. The summed E-state index contributed by atoms with van der Waals surface area (Å²) in [5, 5.41) is 0. The lowest BCUT2D eigenvalue weighted by molar-refractivity contribution is 0.616. The van der Waals surface area contributed by atoms with Crippen molar-refractivity contribution in [3.05, 3.63) is 63.9 Å². The van der Waals surface area contributed by atoms with Crippen LogP contribution in [0, 0.1) is 5.82 Å². The van der Waals surface area contributed by atoms with E-state index in [1.165, 1.54) is 6.07 Å². The molecule has 0 N–H and O–H groups in total. The van der Waals surface area contributed by atoms with Gasteiger partial charge in [-0.2, -0.15) is 0 Å². The second-order valence-corrected chi connectivity index (χ2v) is 5.44. The molecule has 0 amide bonds. The van der Waals surface area contributed by atoms with E-state index >= 15 is 0 Å². The zero-order chi connectivity index (χ0) is 13.8. The molecule has 2 rings (SSSR count). The minimum Gasteiger partial charge on any atom is -0.370 e. The Morgan fingerprint density at radius 2 is 1.89 bits per heavy atom. The lowest BCUT2D eigenvalue weighted by atomic mass is 10.1. The van der Waals surface area contributed by atoms with Gasteiger partial charge in [-0.05, 0) is 23.8 Å². The molecule has 0 saturated carbocycles. The standard InChI is InChI=1S/C15H14BrClFN/c1-19(10-11-5-2-3-6-13(11)16)15-8-4-7-14(18)12(15)9-17/h2-8H,9-10H2,1H3. The predicted molar refractivity (Wildman–Crippen MR) is 82.2 cm³/mol. The molecule has 19 heavy (non-hydrogen) atoms. The summed E-state index contributed by atoms with van der Waals surface area (Å²) < 4.78 is 14.8. The first-order valence-electron chi connectivity index (χ1n) is 5.91. The van der Waals surface area contributed by atoms with Crippen LogP contribution in [0.3, 0.4) is 0 Å². The fourth-order valence-electron chi connectivity index (χ4n) is 2.00. The van der Waals surface area contributed by atoms with Crippen LogP contribution in [0.2, 0.25) is 0 Å². The van der Waals surface area contributed by atoms with Crippen molar-refractivity contribution < 1.29 is 4.39 Å². The van der Waals surface area contributed by atoms with Crippen LogP contribution < -0.4 is 4.90 Å². The van der Waals surface area contributed by atoms with E-state index in [1.807, 2.05) is 42.3 Å². The summed E-state index contributed by atoms with van der Waals surface area (Å²) in [5.74, 6) is -0.0889. The smallest absolute Gasteiger partial charge is 0.129 e. The van der Waals surface area contributed by atoms with Gasteiger partial charge in [-0.15, -0.1) is 11.6 Å². The normalized spacial score (nSPS) is 10.5. The molecule has 1 nitrogen and oxygen atoms in total. The summed E-state index contributed by atoms with van der Waals surface area (Å²) in [6, 6.07) is 13.0. The van der Waals surface area contributed by atoms with E-state index in [4.69, 9.17) is 11.6 Å². The van der Waals surface area contributed by atoms with Crippen molar-refractivity contribution in [2.45, 2.75) is 12.4 Å². The van der Waals surface area contributed by atoms with Crippen molar-refractivity contribution in [3.63, 3.8) is 0 Å². The third-order valence-electron chi connectivity index (χ3n) is 3.00. The minimum atomic E-state index is -0.258. The van der Waals surface area contributed by atoms with E-state index in [0.29, 0.717) is 12.1 Å².